The number of para-hydroxylation sites is 1. The maximum Gasteiger partial charge on any atom is 0.262 e. The molecule has 3 rings (SSSR count). The average molecular weight is 389 g/mol. The van der Waals surface area contributed by atoms with Crippen molar-refractivity contribution >= 4 is 29.1 Å². The van der Waals surface area contributed by atoms with Crippen molar-refractivity contribution in [3.8, 4) is 5.75 Å². The summed E-state index contributed by atoms with van der Waals surface area (Å²) in [5, 5.41) is 6.17. The molecular weight excluding hydrogens is 368 g/mol. The minimum absolute atomic E-state index is 0.0588. The van der Waals surface area contributed by atoms with Gasteiger partial charge in [0.2, 0.25) is 0 Å². The molecule has 6 nitrogen and oxygen atoms in total. The predicted molar refractivity (Wildman–Crippen MR) is 103 cm³/mol. The second kappa shape index (κ2) is 9.39. The lowest BCUT2D eigenvalue weighted by atomic mass is 10.1. The third-order valence-electron chi connectivity index (χ3n) is 4.14. The topological polar surface area (TPSA) is 76.7 Å². The fourth-order valence-electron chi connectivity index (χ4n) is 2.76. The molecule has 2 amide bonds. The van der Waals surface area contributed by atoms with E-state index in [-0.39, 0.29) is 24.5 Å². The third kappa shape index (κ3) is 5.70. The smallest absolute Gasteiger partial charge is 0.262 e. The molecule has 0 spiro atoms. The van der Waals surface area contributed by atoms with E-state index in [1.54, 1.807) is 48.5 Å². The normalized spacial score (nSPS) is 16.0. The Kier molecular flexibility index (Phi) is 6.68. The van der Waals surface area contributed by atoms with E-state index in [9.17, 15) is 9.59 Å². The Balaban J connectivity index is 1.55. The predicted octanol–water partition coefficient (Wildman–Crippen LogP) is 3.27. The van der Waals surface area contributed by atoms with Crippen molar-refractivity contribution in [2.75, 3.05) is 25.1 Å². The number of carbonyl (C=O) groups excluding carboxylic acids is 2. The number of hydrogen-bond donors (Lipinski definition) is 2. The quantitative estimate of drug-likeness (QED) is 0.763. The standard InChI is InChI=1S/C20H21ClN2O4/c21-14-7-9-15(10-8-14)27-13-19(24)23-18-6-2-1-5-17(18)20(25)22-12-16-4-3-11-26-16/h1-2,5-10,16H,3-4,11-13H2,(H,22,25)(H,23,24). The van der Waals surface area contributed by atoms with Gasteiger partial charge in [-0.3, -0.25) is 9.59 Å². The number of hydrogen-bond acceptors (Lipinski definition) is 4. The number of carbonyl (C=O) groups is 2. The molecule has 1 heterocycles. The summed E-state index contributed by atoms with van der Waals surface area (Å²) in [5.41, 5.74) is 0.836. The molecular formula is C20H21ClN2O4. The third-order valence-corrected chi connectivity index (χ3v) is 4.40. The molecule has 142 valence electrons. The Hall–Kier alpha value is -2.57. The summed E-state index contributed by atoms with van der Waals surface area (Å²) in [5.74, 6) is -0.0681. The molecule has 1 aliphatic rings. The van der Waals surface area contributed by atoms with E-state index >= 15 is 0 Å². The lowest BCUT2D eigenvalue weighted by Gasteiger charge is -2.14. The number of rotatable bonds is 7. The molecule has 1 aliphatic heterocycles. The van der Waals surface area contributed by atoms with Crippen molar-refractivity contribution in [1.29, 1.82) is 0 Å². The highest BCUT2D eigenvalue weighted by molar-refractivity contribution is 6.30. The second-order valence-electron chi connectivity index (χ2n) is 6.18. The van der Waals surface area contributed by atoms with Gasteiger partial charge in [0.1, 0.15) is 5.75 Å². The first-order valence-electron chi connectivity index (χ1n) is 8.79. The van der Waals surface area contributed by atoms with Gasteiger partial charge in [0.05, 0.1) is 17.4 Å². The second-order valence-corrected chi connectivity index (χ2v) is 6.62. The van der Waals surface area contributed by atoms with Gasteiger partial charge in [-0.05, 0) is 49.2 Å². The van der Waals surface area contributed by atoms with Crippen LogP contribution in [0.1, 0.15) is 23.2 Å². The molecule has 27 heavy (non-hydrogen) atoms. The molecule has 1 fully saturated rings. The highest BCUT2D eigenvalue weighted by Crippen LogP contribution is 2.17. The van der Waals surface area contributed by atoms with Gasteiger partial charge in [-0.2, -0.15) is 0 Å². The number of benzene rings is 2. The maximum atomic E-state index is 12.5. The van der Waals surface area contributed by atoms with Crippen molar-refractivity contribution in [1.82, 2.24) is 5.32 Å². The summed E-state index contributed by atoms with van der Waals surface area (Å²) < 4.78 is 10.9. The zero-order chi connectivity index (χ0) is 19.1. The maximum absolute atomic E-state index is 12.5. The van der Waals surface area contributed by atoms with E-state index in [0.717, 1.165) is 19.4 Å². The first kappa shape index (κ1) is 19.2. The minimum Gasteiger partial charge on any atom is -0.484 e. The Bertz CT molecular complexity index is 789. The zero-order valence-corrected chi connectivity index (χ0v) is 15.5. The summed E-state index contributed by atoms with van der Waals surface area (Å²) >= 11 is 5.82. The number of halogens is 1. The fourth-order valence-corrected chi connectivity index (χ4v) is 2.89. The van der Waals surface area contributed by atoms with E-state index in [2.05, 4.69) is 10.6 Å². The highest BCUT2D eigenvalue weighted by atomic mass is 35.5. The summed E-state index contributed by atoms with van der Waals surface area (Å²) in [6.45, 7) is 1.02. The number of ether oxygens (including phenoxy) is 2. The Labute approximate surface area is 162 Å². The molecule has 0 aromatic heterocycles. The Morgan fingerprint density at radius 3 is 2.67 bits per heavy atom. The van der Waals surface area contributed by atoms with Gasteiger partial charge in [-0.25, -0.2) is 0 Å². The molecule has 0 bridgehead atoms. The van der Waals surface area contributed by atoms with Crippen LogP contribution in [0.3, 0.4) is 0 Å². The molecule has 0 aliphatic carbocycles. The van der Waals surface area contributed by atoms with Crippen LogP contribution in [0.4, 0.5) is 5.69 Å². The number of anilines is 1. The molecule has 1 atom stereocenters. The number of amides is 2. The Morgan fingerprint density at radius 1 is 1.15 bits per heavy atom. The molecule has 2 N–H and O–H groups in total. The van der Waals surface area contributed by atoms with E-state index < -0.39 is 0 Å². The minimum atomic E-state index is -0.357. The molecule has 2 aromatic carbocycles. The van der Waals surface area contributed by atoms with Crippen molar-refractivity contribution in [3.63, 3.8) is 0 Å². The monoisotopic (exact) mass is 388 g/mol. The highest BCUT2D eigenvalue weighted by Gasteiger charge is 2.18. The van der Waals surface area contributed by atoms with Crippen LogP contribution in [0.15, 0.2) is 48.5 Å². The van der Waals surface area contributed by atoms with E-state index in [1.165, 1.54) is 0 Å². The van der Waals surface area contributed by atoms with E-state index in [1.807, 2.05) is 0 Å². The van der Waals surface area contributed by atoms with Crippen molar-refractivity contribution in [2.24, 2.45) is 0 Å². The first-order chi connectivity index (χ1) is 13.1. The van der Waals surface area contributed by atoms with Gasteiger partial charge in [-0.1, -0.05) is 23.7 Å². The van der Waals surface area contributed by atoms with Crippen molar-refractivity contribution in [3.05, 3.63) is 59.1 Å². The molecule has 1 saturated heterocycles. The van der Waals surface area contributed by atoms with Gasteiger partial charge in [0.25, 0.3) is 11.8 Å². The molecule has 0 saturated carbocycles. The van der Waals surface area contributed by atoms with Gasteiger partial charge in [0, 0.05) is 18.2 Å². The number of nitrogens with one attached hydrogen (secondary N) is 2. The lowest BCUT2D eigenvalue weighted by molar-refractivity contribution is -0.118. The van der Waals surface area contributed by atoms with Gasteiger partial charge < -0.3 is 20.1 Å². The van der Waals surface area contributed by atoms with E-state index in [4.69, 9.17) is 21.1 Å². The Morgan fingerprint density at radius 2 is 1.93 bits per heavy atom. The molecule has 0 radical (unpaired) electrons. The van der Waals surface area contributed by atoms with Gasteiger partial charge in [0.15, 0.2) is 6.61 Å². The SMILES string of the molecule is O=C(COc1ccc(Cl)cc1)Nc1ccccc1C(=O)NCC1CCCO1. The van der Waals surface area contributed by atoms with Crippen LogP contribution in [-0.4, -0.2) is 37.7 Å². The molecule has 7 heteroatoms. The van der Waals surface area contributed by atoms with Crippen LogP contribution < -0.4 is 15.4 Å². The lowest BCUT2D eigenvalue weighted by Crippen LogP contribution is -2.32. The zero-order valence-electron chi connectivity index (χ0n) is 14.7. The molecule has 1 unspecified atom stereocenters. The van der Waals surface area contributed by atoms with Crippen molar-refractivity contribution in [2.45, 2.75) is 18.9 Å². The summed E-state index contributed by atoms with van der Waals surface area (Å²) in [7, 11) is 0. The summed E-state index contributed by atoms with van der Waals surface area (Å²) in [4.78, 5) is 24.6. The van der Waals surface area contributed by atoms with Gasteiger partial charge >= 0.3 is 0 Å². The molecule has 2 aromatic rings. The van der Waals surface area contributed by atoms with Crippen LogP contribution in [0.5, 0.6) is 5.75 Å². The summed E-state index contributed by atoms with van der Waals surface area (Å²) in [6.07, 6.45) is 2.02. The van der Waals surface area contributed by atoms with E-state index in [0.29, 0.717) is 28.6 Å². The fraction of sp³-hybridized carbons (Fsp3) is 0.300. The first-order valence-corrected chi connectivity index (χ1v) is 9.16. The van der Waals surface area contributed by atoms with Crippen LogP contribution in [-0.2, 0) is 9.53 Å². The average Bonchev–Trinajstić information content (AvgIpc) is 3.20. The van der Waals surface area contributed by atoms with Crippen LogP contribution in [0.25, 0.3) is 0 Å². The summed E-state index contributed by atoms with van der Waals surface area (Å²) in [6, 6.07) is 13.6. The van der Waals surface area contributed by atoms with Gasteiger partial charge in [-0.15, -0.1) is 0 Å². The van der Waals surface area contributed by atoms with Crippen LogP contribution >= 0.6 is 11.6 Å². The van der Waals surface area contributed by atoms with Crippen LogP contribution in [0.2, 0.25) is 5.02 Å². The largest absolute Gasteiger partial charge is 0.484 e. The van der Waals surface area contributed by atoms with Crippen molar-refractivity contribution < 1.29 is 19.1 Å². The van der Waals surface area contributed by atoms with Crippen LogP contribution in [0, 0.1) is 0 Å².